The summed E-state index contributed by atoms with van der Waals surface area (Å²) in [5.41, 5.74) is 0.817. The fourth-order valence-corrected chi connectivity index (χ4v) is 2.12. The Morgan fingerprint density at radius 2 is 1.90 bits per heavy atom. The molecule has 2 aromatic rings. The Balaban J connectivity index is 2.16. The van der Waals surface area contributed by atoms with Gasteiger partial charge >= 0.3 is 6.61 Å². The molecule has 2 aromatic carbocycles. The quantitative estimate of drug-likeness (QED) is 0.888. The van der Waals surface area contributed by atoms with Crippen LogP contribution in [0.3, 0.4) is 0 Å². The van der Waals surface area contributed by atoms with Crippen LogP contribution < -0.4 is 4.74 Å². The van der Waals surface area contributed by atoms with E-state index in [0.29, 0.717) is 16.1 Å². The van der Waals surface area contributed by atoms with E-state index in [2.05, 4.69) is 4.74 Å². The average molecular weight is 317 g/mol. The van der Waals surface area contributed by atoms with Gasteiger partial charge in [-0.2, -0.15) is 8.78 Å². The zero-order valence-corrected chi connectivity index (χ0v) is 11.5. The normalized spacial score (nSPS) is 12.5. The first-order valence-electron chi connectivity index (χ1n) is 6.12. The Bertz CT molecular complexity index is 620. The second-order valence-corrected chi connectivity index (χ2v) is 4.81. The van der Waals surface area contributed by atoms with E-state index < -0.39 is 18.5 Å². The lowest BCUT2D eigenvalue weighted by Crippen LogP contribution is -2.05. The molecule has 0 bridgehead atoms. The zero-order valence-electron chi connectivity index (χ0n) is 10.8. The molecule has 0 saturated carbocycles. The number of hydrogen-bond acceptors (Lipinski definition) is 2. The molecule has 2 rings (SSSR count). The number of ether oxygens (including phenoxy) is 1. The summed E-state index contributed by atoms with van der Waals surface area (Å²) in [5.74, 6) is -0.511. The highest BCUT2D eigenvalue weighted by molar-refractivity contribution is 6.31. The summed E-state index contributed by atoms with van der Waals surface area (Å²) in [4.78, 5) is 0. The molecule has 0 aromatic heterocycles. The summed E-state index contributed by atoms with van der Waals surface area (Å²) < 4.78 is 41.7. The SMILES string of the molecule is OC(Cc1cc(F)ccc1Cl)c1cccc(OC(F)F)c1. The highest BCUT2D eigenvalue weighted by Crippen LogP contribution is 2.26. The van der Waals surface area contributed by atoms with Gasteiger partial charge in [0.2, 0.25) is 0 Å². The fraction of sp³-hybridized carbons (Fsp3) is 0.200. The lowest BCUT2D eigenvalue weighted by molar-refractivity contribution is -0.0499. The molecule has 0 amide bonds. The number of rotatable bonds is 5. The van der Waals surface area contributed by atoms with Crippen LogP contribution in [0.1, 0.15) is 17.2 Å². The maximum absolute atomic E-state index is 13.2. The summed E-state index contributed by atoms with van der Waals surface area (Å²) in [7, 11) is 0. The van der Waals surface area contributed by atoms with Gasteiger partial charge in [-0.25, -0.2) is 4.39 Å². The summed E-state index contributed by atoms with van der Waals surface area (Å²) in [6, 6.07) is 9.57. The van der Waals surface area contributed by atoms with Crippen molar-refractivity contribution in [3.05, 3.63) is 64.4 Å². The number of aliphatic hydroxyl groups is 1. The molecule has 2 nitrogen and oxygen atoms in total. The van der Waals surface area contributed by atoms with Crippen LogP contribution in [-0.4, -0.2) is 11.7 Å². The van der Waals surface area contributed by atoms with E-state index in [1.807, 2.05) is 0 Å². The smallest absolute Gasteiger partial charge is 0.387 e. The van der Waals surface area contributed by atoms with Gasteiger partial charge in [-0.15, -0.1) is 0 Å². The van der Waals surface area contributed by atoms with Crippen LogP contribution in [-0.2, 0) is 6.42 Å². The van der Waals surface area contributed by atoms with Crippen molar-refractivity contribution in [2.75, 3.05) is 0 Å². The van der Waals surface area contributed by atoms with Gasteiger partial charge in [0.15, 0.2) is 0 Å². The van der Waals surface area contributed by atoms with Crippen LogP contribution in [0.2, 0.25) is 5.02 Å². The van der Waals surface area contributed by atoms with E-state index in [9.17, 15) is 18.3 Å². The maximum atomic E-state index is 13.2. The maximum Gasteiger partial charge on any atom is 0.387 e. The fourth-order valence-electron chi connectivity index (χ4n) is 1.92. The zero-order chi connectivity index (χ0) is 15.4. The van der Waals surface area contributed by atoms with Gasteiger partial charge in [0.25, 0.3) is 0 Å². The second-order valence-electron chi connectivity index (χ2n) is 4.41. The third-order valence-electron chi connectivity index (χ3n) is 2.89. The minimum atomic E-state index is -2.94. The van der Waals surface area contributed by atoms with E-state index in [-0.39, 0.29) is 12.2 Å². The van der Waals surface area contributed by atoms with Crippen LogP contribution in [0, 0.1) is 5.82 Å². The van der Waals surface area contributed by atoms with Crippen molar-refractivity contribution in [1.29, 1.82) is 0 Å². The molecule has 112 valence electrons. The van der Waals surface area contributed by atoms with Gasteiger partial charge < -0.3 is 9.84 Å². The van der Waals surface area contributed by atoms with E-state index >= 15 is 0 Å². The lowest BCUT2D eigenvalue weighted by Gasteiger charge is -2.14. The molecule has 6 heteroatoms. The Hall–Kier alpha value is -1.72. The molecule has 0 heterocycles. The van der Waals surface area contributed by atoms with Crippen molar-refractivity contribution < 1.29 is 23.0 Å². The standard InChI is InChI=1S/C15H12ClF3O2/c16-13-5-4-11(17)6-10(13)8-14(20)9-2-1-3-12(7-9)21-15(18)19/h1-7,14-15,20H,8H2. The van der Waals surface area contributed by atoms with Crippen LogP contribution in [0.25, 0.3) is 0 Å². The Morgan fingerprint density at radius 1 is 1.14 bits per heavy atom. The highest BCUT2D eigenvalue weighted by Gasteiger charge is 2.13. The van der Waals surface area contributed by atoms with Crippen molar-refractivity contribution >= 4 is 11.6 Å². The number of aliphatic hydroxyl groups excluding tert-OH is 1. The second kappa shape index (κ2) is 6.83. The first-order chi connectivity index (χ1) is 9.95. The van der Waals surface area contributed by atoms with Gasteiger partial charge in [0.05, 0.1) is 6.10 Å². The van der Waals surface area contributed by atoms with Crippen LogP contribution in [0.4, 0.5) is 13.2 Å². The minimum absolute atomic E-state index is 0.0492. The van der Waals surface area contributed by atoms with Gasteiger partial charge in [0.1, 0.15) is 11.6 Å². The highest BCUT2D eigenvalue weighted by atomic mass is 35.5. The lowest BCUT2D eigenvalue weighted by atomic mass is 10.0. The first-order valence-corrected chi connectivity index (χ1v) is 6.50. The van der Waals surface area contributed by atoms with E-state index in [4.69, 9.17) is 11.6 Å². The van der Waals surface area contributed by atoms with Crippen molar-refractivity contribution in [1.82, 2.24) is 0 Å². The summed E-state index contributed by atoms with van der Waals surface area (Å²) >= 11 is 5.93. The van der Waals surface area contributed by atoms with E-state index in [1.54, 1.807) is 6.07 Å². The molecule has 0 spiro atoms. The summed E-state index contributed by atoms with van der Waals surface area (Å²) in [6.07, 6.45) is -0.945. The Morgan fingerprint density at radius 3 is 2.62 bits per heavy atom. The minimum Gasteiger partial charge on any atom is -0.435 e. The molecule has 0 fully saturated rings. The predicted octanol–water partition coefficient (Wildman–Crippen LogP) is 4.36. The number of halogens is 4. The van der Waals surface area contributed by atoms with Gasteiger partial charge in [-0.3, -0.25) is 0 Å². The van der Waals surface area contributed by atoms with E-state index in [0.717, 1.165) is 0 Å². The largest absolute Gasteiger partial charge is 0.435 e. The number of alkyl halides is 2. The van der Waals surface area contributed by atoms with Gasteiger partial charge in [-0.1, -0.05) is 23.7 Å². The van der Waals surface area contributed by atoms with Crippen molar-refractivity contribution in [3.63, 3.8) is 0 Å². The average Bonchev–Trinajstić information content (AvgIpc) is 2.42. The van der Waals surface area contributed by atoms with E-state index in [1.165, 1.54) is 36.4 Å². The summed E-state index contributed by atoms with van der Waals surface area (Å²) in [6.45, 7) is -2.94. The predicted molar refractivity (Wildman–Crippen MR) is 73.1 cm³/mol. The van der Waals surface area contributed by atoms with Gasteiger partial charge in [0, 0.05) is 11.4 Å². The first kappa shape index (κ1) is 15.7. The number of benzene rings is 2. The molecule has 0 radical (unpaired) electrons. The number of hydrogen-bond donors (Lipinski definition) is 1. The topological polar surface area (TPSA) is 29.5 Å². The Kier molecular flexibility index (Phi) is 5.09. The van der Waals surface area contributed by atoms with Crippen LogP contribution in [0.15, 0.2) is 42.5 Å². The third kappa shape index (κ3) is 4.37. The molecule has 1 N–H and O–H groups in total. The molecule has 0 saturated heterocycles. The molecule has 21 heavy (non-hydrogen) atoms. The molecule has 1 atom stereocenters. The third-order valence-corrected chi connectivity index (χ3v) is 3.26. The molecular formula is C15H12ClF3O2. The van der Waals surface area contributed by atoms with Crippen molar-refractivity contribution in [2.24, 2.45) is 0 Å². The monoisotopic (exact) mass is 316 g/mol. The molecule has 0 aliphatic carbocycles. The Labute approximate surface area is 124 Å². The summed E-state index contributed by atoms with van der Waals surface area (Å²) in [5, 5.41) is 10.5. The molecule has 0 aliphatic rings. The van der Waals surface area contributed by atoms with Crippen LogP contribution >= 0.6 is 11.6 Å². The van der Waals surface area contributed by atoms with Crippen molar-refractivity contribution in [2.45, 2.75) is 19.1 Å². The van der Waals surface area contributed by atoms with Gasteiger partial charge in [-0.05, 0) is 41.5 Å². The molecule has 0 aliphatic heterocycles. The molecule has 1 unspecified atom stereocenters. The van der Waals surface area contributed by atoms with Crippen LogP contribution in [0.5, 0.6) is 5.75 Å². The molecular weight excluding hydrogens is 305 g/mol. The van der Waals surface area contributed by atoms with Crippen molar-refractivity contribution in [3.8, 4) is 5.75 Å².